The number of nitrogens with zero attached hydrogens (tertiary/aromatic N) is 2. The van der Waals surface area contributed by atoms with E-state index in [1.807, 2.05) is 42.5 Å². The molecule has 0 spiro atoms. The molecule has 2 rings (SSSR count). The third-order valence-corrected chi connectivity index (χ3v) is 2.22. The Hall–Kier alpha value is -2.60. The lowest BCUT2D eigenvalue weighted by atomic mass is 10.2. The van der Waals surface area contributed by atoms with Gasteiger partial charge in [0.2, 0.25) is 0 Å². The molecule has 0 aliphatic heterocycles. The van der Waals surface area contributed by atoms with Crippen LogP contribution in [0.4, 0.5) is 5.69 Å². The molecule has 3 heteroatoms. The zero-order chi connectivity index (χ0) is 11.9. The average molecular weight is 221 g/mol. The molecule has 0 aliphatic rings. The summed E-state index contributed by atoms with van der Waals surface area (Å²) in [4.78, 5) is 0. The first-order chi connectivity index (χ1) is 8.38. The Morgan fingerprint density at radius 3 is 2.35 bits per heavy atom. The molecule has 0 atom stereocenters. The predicted octanol–water partition coefficient (Wildman–Crippen LogP) is 3.00. The number of para-hydroxylation sites is 1. The van der Waals surface area contributed by atoms with E-state index < -0.39 is 0 Å². The van der Waals surface area contributed by atoms with Crippen molar-refractivity contribution in [3.63, 3.8) is 0 Å². The lowest BCUT2D eigenvalue weighted by Gasteiger charge is -1.98. The number of rotatable bonds is 3. The van der Waals surface area contributed by atoms with Gasteiger partial charge in [-0.2, -0.15) is 10.4 Å². The summed E-state index contributed by atoms with van der Waals surface area (Å²) in [7, 11) is 0. The van der Waals surface area contributed by atoms with Crippen molar-refractivity contribution < 1.29 is 0 Å². The van der Waals surface area contributed by atoms with Crippen LogP contribution in [0, 0.1) is 11.3 Å². The van der Waals surface area contributed by atoms with E-state index in [0.29, 0.717) is 5.56 Å². The van der Waals surface area contributed by atoms with Gasteiger partial charge in [0.15, 0.2) is 0 Å². The highest BCUT2D eigenvalue weighted by atomic mass is 15.3. The van der Waals surface area contributed by atoms with Crippen molar-refractivity contribution in [1.82, 2.24) is 0 Å². The fraction of sp³-hybridized carbons (Fsp3) is 0. The summed E-state index contributed by atoms with van der Waals surface area (Å²) < 4.78 is 0. The summed E-state index contributed by atoms with van der Waals surface area (Å²) in [5.74, 6) is 0. The first-order valence-corrected chi connectivity index (χ1v) is 5.23. The highest BCUT2D eigenvalue weighted by molar-refractivity contribution is 5.80. The van der Waals surface area contributed by atoms with Gasteiger partial charge in [-0.1, -0.05) is 30.3 Å². The van der Waals surface area contributed by atoms with Crippen molar-refractivity contribution in [3.8, 4) is 6.07 Å². The molecule has 0 saturated carbocycles. The fourth-order valence-corrected chi connectivity index (χ4v) is 1.34. The third kappa shape index (κ3) is 3.18. The maximum absolute atomic E-state index is 8.66. The standard InChI is InChI=1S/C14H11N3/c15-10-12-6-8-13(9-7-12)11-16-17-14-4-2-1-3-5-14/h1-9,11,17H. The normalized spacial score (nSPS) is 10.1. The fourth-order valence-electron chi connectivity index (χ4n) is 1.34. The largest absolute Gasteiger partial charge is 0.279 e. The molecule has 3 nitrogen and oxygen atoms in total. The van der Waals surface area contributed by atoms with E-state index >= 15 is 0 Å². The van der Waals surface area contributed by atoms with Gasteiger partial charge in [0.1, 0.15) is 0 Å². The van der Waals surface area contributed by atoms with Crippen LogP contribution in [-0.4, -0.2) is 6.21 Å². The van der Waals surface area contributed by atoms with Crippen molar-refractivity contribution in [2.24, 2.45) is 5.10 Å². The van der Waals surface area contributed by atoms with Crippen LogP contribution in [0.1, 0.15) is 11.1 Å². The number of hydrogen-bond acceptors (Lipinski definition) is 3. The Morgan fingerprint density at radius 2 is 1.71 bits per heavy atom. The van der Waals surface area contributed by atoms with Gasteiger partial charge in [-0.05, 0) is 29.8 Å². The van der Waals surface area contributed by atoms with Crippen LogP contribution in [-0.2, 0) is 0 Å². The molecule has 0 fully saturated rings. The highest BCUT2D eigenvalue weighted by Gasteiger charge is 1.90. The summed E-state index contributed by atoms with van der Waals surface area (Å²) >= 11 is 0. The van der Waals surface area contributed by atoms with E-state index in [1.54, 1.807) is 18.3 Å². The molecular formula is C14H11N3. The van der Waals surface area contributed by atoms with Crippen molar-refractivity contribution in [2.45, 2.75) is 0 Å². The van der Waals surface area contributed by atoms with Gasteiger partial charge in [0.25, 0.3) is 0 Å². The van der Waals surface area contributed by atoms with Gasteiger partial charge >= 0.3 is 0 Å². The number of nitriles is 1. The monoisotopic (exact) mass is 221 g/mol. The van der Waals surface area contributed by atoms with Gasteiger partial charge in [-0.25, -0.2) is 0 Å². The van der Waals surface area contributed by atoms with Crippen LogP contribution in [0.5, 0.6) is 0 Å². The Bertz CT molecular complexity index is 536. The van der Waals surface area contributed by atoms with Gasteiger partial charge in [-0.15, -0.1) is 0 Å². The Morgan fingerprint density at radius 1 is 1.00 bits per heavy atom. The molecule has 0 bridgehead atoms. The number of hydrogen-bond donors (Lipinski definition) is 1. The van der Waals surface area contributed by atoms with E-state index in [-0.39, 0.29) is 0 Å². The summed E-state index contributed by atoms with van der Waals surface area (Å²) in [5.41, 5.74) is 5.47. The van der Waals surface area contributed by atoms with Gasteiger partial charge in [-0.3, -0.25) is 5.43 Å². The summed E-state index contributed by atoms with van der Waals surface area (Å²) in [6.45, 7) is 0. The summed E-state index contributed by atoms with van der Waals surface area (Å²) in [6.07, 6.45) is 1.72. The minimum atomic E-state index is 0.651. The first-order valence-electron chi connectivity index (χ1n) is 5.23. The Kier molecular flexibility index (Phi) is 3.51. The minimum absolute atomic E-state index is 0.651. The van der Waals surface area contributed by atoms with Crippen LogP contribution < -0.4 is 5.43 Å². The average Bonchev–Trinajstić information content (AvgIpc) is 2.41. The molecule has 2 aromatic carbocycles. The number of benzene rings is 2. The lowest BCUT2D eigenvalue weighted by molar-refractivity contribution is 1.35. The molecule has 1 N–H and O–H groups in total. The van der Waals surface area contributed by atoms with E-state index in [4.69, 9.17) is 5.26 Å². The van der Waals surface area contributed by atoms with Crippen LogP contribution in [0.3, 0.4) is 0 Å². The van der Waals surface area contributed by atoms with E-state index in [2.05, 4.69) is 16.6 Å². The molecule has 0 heterocycles. The minimum Gasteiger partial charge on any atom is -0.279 e. The van der Waals surface area contributed by atoms with Crippen molar-refractivity contribution in [2.75, 3.05) is 5.43 Å². The summed E-state index contributed by atoms with van der Waals surface area (Å²) in [6, 6.07) is 19.0. The van der Waals surface area contributed by atoms with E-state index in [9.17, 15) is 0 Å². The summed E-state index contributed by atoms with van der Waals surface area (Å²) in [5, 5.41) is 12.8. The maximum atomic E-state index is 8.66. The molecule has 0 unspecified atom stereocenters. The molecule has 0 aliphatic carbocycles. The first kappa shape index (κ1) is 10.9. The number of anilines is 1. The SMILES string of the molecule is N#Cc1ccc(C=NNc2ccccc2)cc1. The van der Waals surface area contributed by atoms with Crippen LogP contribution in [0.15, 0.2) is 59.7 Å². The van der Waals surface area contributed by atoms with Crippen LogP contribution in [0.25, 0.3) is 0 Å². The Balaban J connectivity index is 1.99. The second kappa shape index (κ2) is 5.47. The molecule has 0 saturated heterocycles. The number of hydrazone groups is 1. The predicted molar refractivity (Wildman–Crippen MR) is 68.8 cm³/mol. The molecule has 82 valence electrons. The Labute approximate surface area is 100 Å². The highest BCUT2D eigenvalue weighted by Crippen LogP contribution is 2.05. The zero-order valence-corrected chi connectivity index (χ0v) is 9.17. The van der Waals surface area contributed by atoms with E-state index in [0.717, 1.165) is 11.3 Å². The smallest absolute Gasteiger partial charge is 0.0991 e. The van der Waals surface area contributed by atoms with Gasteiger partial charge < -0.3 is 0 Å². The van der Waals surface area contributed by atoms with Crippen molar-refractivity contribution in [3.05, 3.63) is 65.7 Å². The maximum Gasteiger partial charge on any atom is 0.0991 e. The number of nitrogens with one attached hydrogen (secondary N) is 1. The van der Waals surface area contributed by atoms with Gasteiger partial charge in [0.05, 0.1) is 23.5 Å². The molecule has 17 heavy (non-hydrogen) atoms. The zero-order valence-electron chi connectivity index (χ0n) is 9.17. The second-order valence-electron chi connectivity index (χ2n) is 3.47. The molecule has 0 aromatic heterocycles. The second-order valence-corrected chi connectivity index (χ2v) is 3.47. The molecule has 0 amide bonds. The van der Waals surface area contributed by atoms with Crippen molar-refractivity contribution >= 4 is 11.9 Å². The van der Waals surface area contributed by atoms with E-state index in [1.165, 1.54) is 0 Å². The molecule has 2 aromatic rings. The lowest BCUT2D eigenvalue weighted by Crippen LogP contribution is -1.90. The molecular weight excluding hydrogens is 210 g/mol. The van der Waals surface area contributed by atoms with Crippen LogP contribution >= 0.6 is 0 Å². The quantitative estimate of drug-likeness (QED) is 0.639. The van der Waals surface area contributed by atoms with Crippen molar-refractivity contribution in [1.29, 1.82) is 5.26 Å². The molecule has 0 radical (unpaired) electrons. The van der Waals surface area contributed by atoms with Crippen LogP contribution in [0.2, 0.25) is 0 Å². The van der Waals surface area contributed by atoms with Gasteiger partial charge in [0, 0.05) is 0 Å². The topological polar surface area (TPSA) is 48.2 Å². The third-order valence-electron chi connectivity index (χ3n) is 2.22.